The molecule has 462 valence electrons. The number of nitrogens with one attached hydrogen (secondary N) is 3. The normalized spacial score (nSPS) is 16.0. The Morgan fingerprint density at radius 3 is 0.741 bits per heavy atom. The Morgan fingerprint density at radius 2 is 0.580 bits per heavy atom. The topological polar surface area (TPSA) is 176 Å². The molecule has 0 saturated heterocycles. The maximum atomic E-state index is 13.1. The molecule has 3 amide bonds. The molecule has 0 spiro atoms. The van der Waals surface area contributed by atoms with Gasteiger partial charge in [-0.1, -0.05) is 77.9 Å². The van der Waals surface area contributed by atoms with E-state index in [0.29, 0.717) is 16.7 Å². The molecule has 0 aromatic heterocycles. The monoisotopic (exact) mass is 1200 g/mol. The molecule has 0 aliphatic rings. The molecule has 6 atom stereocenters. The van der Waals surface area contributed by atoms with Crippen LogP contribution in [0.3, 0.4) is 0 Å². The van der Waals surface area contributed by atoms with Crippen LogP contribution in [0.2, 0.25) is 0 Å². The van der Waals surface area contributed by atoms with Gasteiger partial charge < -0.3 is 45.5 Å². The molecule has 0 fully saturated rings. The van der Waals surface area contributed by atoms with Crippen LogP contribution in [-0.2, 0) is 14.4 Å². The minimum Gasteiger partial charge on any atom is -0.484 e. The summed E-state index contributed by atoms with van der Waals surface area (Å²) in [7, 11) is 0. The predicted octanol–water partition coefficient (Wildman–Crippen LogP) is 12.4. The number of carbonyl (C=O) groups is 3. The van der Waals surface area contributed by atoms with E-state index in [0.717, 1.165) is 41.5 Å². The first-order valence-corrected chi connectivity index (χ1v) is 24.1. The minimum atomic E-state index is -4.99. The van der Waals surface area contributed by atoms with Gasteiger partial charge in [0.2, 0.25) is 17.7 Å². The summed E-state index contributed by atoms with van der Waals surface area (Å²) in [5.74, 6) is -7.18. The number of rotatable bonds is 21. The lowest BCUT2D eigenvalue weighted by atomic mass is 9.86. The van der Waals surface area contributed by atoms with Gasteiger partial charge >= 0.3 is 37.1 Å². The Balaban J connectivity index is 0.000000607. The summed E-state index contributed by atoms with van der Waals surface area (Å²) in [4.78, 5) is 36.0. The van der Waals surface area contributed by atoms with Crippen LogP contribution in [0.15, 0.2) is 72.8 Å². The molecule has 0 heterocycles. The Bertz CT molecular complexity index is 2200. The zero-order valence-electron chi connectivity index (χ0n) is 44.7. The van der Waals surface area contributed by atoms with Crippen molar-refractivity contribution in [2.75, 3.05) is 19.8 Å². The zero-order chi connectivity index (χ0) is 63.1. The summed E-state index contributed by atoms with van der Waals surface area (Å²) in [5, 5.41) is 36.5. The molecule has 30 heteroatoms. The van der Waals surface area contributed by atoms with Gasteiger partial charge in [-0.3, -0.25) is 14.4 Å². The predicted molar refractivity (Wildman–Crippen MR) is 255 cm³/mol. The number of ether oxygens (including phenoxy) is 3. The van der Waals surface area contributed by atoms with Crippen molar-refractivity contribution in [2.24, 2.45) is 17.8 Å². The van der Waals surface area contributed by atoms with E-state index in [4.69, 9.17) is 0 Å². The number of amides is 3. The van der Waals surface area contributed by atoms with E-state index in [1.165, 1.54) is 93.6 Å². The van der Waals surface area contributed by atoms with E-state index in [9.17, 15) is 109 Å². The highest BCUT2D eigenvalue weighted by Crippen LogP contribution is 2.41. The van der Waals surface area contributed by atoms with Crippen molar-refractivity contribution in [3.05, 3.63) is 89.5 Å². The van der Waals surface area contributed by atoms with Gasteiger partial charge in [0.15, 0.2) is 36.6 Å². The molecule has 3 aromatic rings. The molecule has 0 aliphatic carbocycles. The Morgan fingerprint density at radius 1 is 0.383 bits per heavy atom. The van der Waals surface area contributed by atoms with Gasteiger partial charge in [0.1, 0.15) is 17.2 Å². The van der Waals surface area contributed by atoms with Crippen LogP contribution >= 0.6 is 0 Å². The lowest BCUT2D eigenvalue weighted by Gasteiger charge is -2.33. The van der Waals surface area contributed by atoms with Gasteiger partial charge in [-0.2, -0.15) is 79.0 Å². The third-order valence-electron chi connectivity index (χ3n) is 12.0. The number of alkyl halides is 18. The summed E-state index contributed by atoms with van der Waals surface area (Å²) >= 11 is 0. The SMILES string of the molecule is CC(C)C(O)(CC(=O)N[C@@H](C)c1cccc(OCC(F)(F)F)c1)C(F)(F)F.CC(C)[C@@](O)(CC(=O)N[C@@H](C)c1cccc(OCC(F)(F)F)c1)C(F)(F)F.CC(C)[C@](O)(CC(=O)N[C@@H](C)c1cccc(OCC(F)(F)F)c1)C(F)(F)F. The largest absolute Gasteiger partial charge is 0.484 e. The summed E-state index contributed by atoms with van der Waals surface area (Å²) < 4.78 is 241. The maximum absolute atomic E-state index is 13.1. The van der Waals surface area contributed by atoms with Crippen LogP contribution in [-0.4, -0.2) is 107 Å². The van der Waals surface area contributed by atoms with Gasteiger partial charge in [-0.05, 0) is 91.6 Å². The molecule has 0 radical (unpaired) electrons. The van der Waals surface area contributed by atoms with Crippen molar-refractivity contribution in [1.29, 1.82) is 0 Å². The summed E-state index contributed by atoms with van der Waals surface area (Å²) in [5.41, 5.74) is -8.55. The van der Waals surface area contributed by atoms with Gasteiger partial charge in [0, 0.05) is 0 Å². The molecule has 3 aromatic carbocycles. The van der Waals surface area contributed by atoms with Crippen LogP contribution < -0.4 is 30.2 Å². The summed E-state index contributed by atoms with van der Waals surface area (Å²) in [6.45, 7) is 6.72. The van der Waals surface area contributed by atoms with Crippen molar-refractivity contribution in [3.8, 4) is 17.2 Å². The zero-order valence-corrected chi connectivity index (χ0v) is 44.7. The molecular weight excluding hydrogens is 1140 g/mol. The fourth-order valence-corrected chi connectivity index (χ4v) is 6.87. The maximum Gasteiger partial charge on any atom is 0.422 e. The number of hydrogen-bond donors (Lipinski definition) is 6. The third-order valence-corrected chi connectivity index (χ3v) is 12.0. The molecule has 0 bridgehead atoms. The quantitative estimate of drug-likeness (QED) is 0.0567. The molecule has 6 N–H and O–H groups in total. The fraction of sp³-hybridized carbons (Fsp3) is 0.588. The van der Waals surface area contributed by atoms with Crippen molar-refractivity contribution in [1.82, 2.24) is 16.0 Å². The van der Waals surface area contributed by atoms with Crippen LogP contribution in [0, 0.1) is 17.8 Å². The third kappa shape index (κ3) is 24.2. The van der Waals surface area contributed by atoms with Crippen LogP contribution in [0.25, 0.3) is 0 Å². The highest BCUT2D eigenvalue weighted by molar-refractivity contribution is 5.79. The Hall–Kier alpha value is -5.91. The van der Waals surface area contributed by atoms with Crippen LogP contribution in [0.1, 0.15) is 116 Å². The van der Waals surface area contributed by atoms with E-state index >= 15 is 0 Å². The lowest BCUT2D eigenvalue weighted by Crippen LogP contribution is -2.52. The second-order valence-corrected chi connectivity index (χ2v) is 19.6. The van der Waals surface area contributed by atoms with Crippen LogP contribution in [0.4, 0.5) is 79.0 Å². The number of hydrogen-bond acceptors (Lipinski definition) is 9. The first kappa shape index (κ1) is 73.1. The van der Waals surface area contributed by atoms with Gasteiger partial charge in [0.25, 0.3) is 0 Å². The van der Waals surface area contributed by atoms with E-state index in [1.807, 2.05) is 0 Å². The highest BCUT2D eigenvalue weighted by atomic mass is 19.4. The molecule has 0 aliphatic heterocycles. The molecule has 12 nitrogen and oxygen atoms in total. The molecule has 0 saturated carbocycles. The van der Waals surface area contributed by atoms with E-state index in [2.05, 4.69) is 30.2 Å². The molecular formula is C51H63F18N3O9. The average molecular weight is 1200 g/mol. The molecule has 3 rings (SSSR count). The summed E-state index contributed by atoms with van der Waals surface area (Å²) in [6.07, 6.45) is -32.1. The fourth-order valence-electron chi connectivity index (χ4n) is 6.87. The second-order valence-electron chi connectivity index (χ2n) is 19.6. The Kier molecular flexibility index (Phi) is 26.1. The first-order valence-electron chi connectivity index (χ1n) is 24.1. The van der Waals surface area contributed by atoms with E-state index in [-0.39, 0.29) is 17.2 Å². The first-order chi connectivity index (χ1) is 36.5. The number of benzene rings is 3. The molecule has 81 heavy (non-hydrogen) atoms. The minimum absolute atomic E-state index is 0.0973. The summed E-state index contributed by atoms with van der Waals surface area (Å²) in [6, 6.07) is 13.8. The van der Waals surface area contributed by atoms with Crippen LogP contribution in [0.5, 0.6) is 17.2 Å². The van der Waals surface area contributed by atoms with Crippen molar-refractivity contribution < 1.29 is 123 Å². The van der Waals surface area contributed by atoms with Crippen molar-refractivity contribution in [2.45, 2.75) is 154 Å². The number of aliphatic hydroxyl groups is 3. The standard InChI is InChI=1S/3C17H21F6NO3/c3*1-10(2)15(26,17(21,22)23)8-14(25)24-11(3)12-5-4-6-13(7-12)27-9-16(18,19)20/h3*4-7,10-11,26H,8-9H2,1-3H3,(H,24,25)/t11-,15?;11-,15+;11-,15-/m000/s1. The van der Waals surface area contributed by atoms with Gasteiger partial charge in [-0.15, -0.1) is 0 Å². The number of carbonyl (C=O) groups excluding carboxylic acids is 3. The van der Waals surface area contributed by atoms with E-state index < -0.39 is 147 Å². The van der Waals surface area contributed by atoms with Gasteiger partial charge in [0.05, 0.1) is 37.4 Å². The Labute approximate surface area is 453 Å². The van der Waals surface area contributed by atoms with Crippen molar-refractivity contribution >= 4 is 17.7 Å². The molecule has 1 unspecified atom stereocenters. The van der Waals surface area contributed by atoms with E-state index in [1.54, 1.807) is 0 Å². The lowest BCUT2D eigenvalue weighted by molar-refractivity contribution is -0.276. The highest BCUT2D eigenvalue weighted by Gasteiger charge is 2.58. The van der Waals surface area contributed by atoms with Gasteiger partial charge in [-0.25, -0.2) is 0 Å². The van der Waals surface area contributed by atoms with Crippen molar-refractivity contribution in [3.63, 3.8) is 0 Å². The smallest absolute Gasteiger partial charge is 0.422 e. The average Bonchev–Trinajstić information content (AvgIpc) is 3.30. The number of halogens is 18. The second kappa shape index (κ2) is 28.9.